The van der Waals surface area contributed by atoms with Gasteiger partial charge in [-0.05, 0) is 41.8 Å². The average Bonchev–Trinajstić information content (AvgIpc) is 2.46. The third kappa shape index (κ3) is 3.71. The van der Waals surface area contributed by atoms with E-state index in [0.29, 0.717) is 11.8 Å². The van der Waals surface area contributed by atoms with Gasteiger partial charge in [0.1, 0.15) is 0 Å². The summed E-state index contributed by atoms with van der Waals surface area (Å²) in [5.41, 5.74) is 2.00. The van der Waals surface area contributed by atoms with Gasteiger partial charge in [0, 0.05) is 26.7 Å². The van der Waals surface area contributed by atoms with Gasteiger partial charge >= 0.3 is 0 Å². The molecule has 2 aromatic rings. The number of hydrogen-bond acceptors (Lipinski definition) is 0. The summed E-state index contributed by atoms with van der Waals surface area (Å²) in [4.78, 5) is 0. The SMILES string of the molecule is ClCC(CCl)(Cc1cccc(Cl)c1)c1ccc(Br)cc1. The van der Waals surface area contributed by atoms with Gasteiger partial charge in [0.15, 0.2) is 0 Å². The number of halogens is 4. The van der Waals surface area contributed by atoms with Gasteiger partial charge in [-0.2, -0.15) is 0 Å². The Hall–Kier alpha value is -0.210. The van der Waals surface area contributed by atoms with Crippen LogP contribution in [0.3, 0.4) is 0 Å². The van der Waals surface area contributed by atoms with Crippen molar-refractivity contribution in [2.45, 2.75) is 11.8 Å². The molecule has 0 aliphatic heterocycles. The van der Waals surface area contributed by atoms with Crippen LogP contribution in [0.2, 0.25) is 5.02 Å². The Kier molecular flexibility index (Phi) is 5.80. The number of hydrogen-bond donors (Lipinski definition) is 0. The zero-order valence-electron chi connectivity index (χ0n) is 10.8. The second-order valence-corrected chi connectivity index (χ2v) is 6.75. The molecule has 2 aromatic carbocycles. The van der Waals surface area contributed by atoms with Crippen molar-refractivity contribution in [3.63, 3.8) is 0 Å². The molecule has 0 aliphatic rings. The monoisotopic (exact) mass is 390 g/mol. The zero-order valence-corrected chi connectivity index (χ0v) is 14.6. The van der Waals surface area contributed by atoms with Gasteiger partial charge in [0.05, 0.1) is 0 Å². The molecule has 0 bridgehead atoms. The van der Waals surface area contributed by atoms with Gasteiger partial charge in [0.2, 0.25) is 0 Å². The second-order valence-electron chi connectivity index (χ2n) is 4.86. The molecule has 4 heteroatoms. The molecule has 0 heterocycles. The van der Waals surface area contributed by atoms with Gasteiger partial charge < -0.3 is 0 Å². The van der Waals surface area contributed by atoms with Crippen molar-refractivity contribution in [1.29, 1.82) is 0 Å². The molecule has 0 aliphatic carbocycles. The van der Waals surface area contributed by atoms with Crippen LogP contribution in [0.25, 0.3) is 0 Å². The summed E-state index contributed by atoms with van der Waals surface area (Å²) in [6, 6.07) is 16.0. The van der Waals surface area contributed by atoms with Crippen molar-refractivity contribution in [3.8, 4) is 0 Å². The van der Waals surface area contributed by atoms with Gasteiger partial charge in [-0.1, -0.05) is 51.8 Å². The van der Waals surface area contributed by atoms with Gasteiger partial charge in [0.25, 0.3) is 0 Å². The van der Waals surface area contributed by atoms with Crippen LogP contribution in [0.4, 0.5) is 0 Å². The first-order valence-electron chi connectivity index (χ1n) is 6.22. The fourth-order valence-corrected chi connectivity index (χ4v) is 3.49. The first-order chi connectivity index (χ1) is 9.59. The van der Waals surface area contributed by atoms with Gasteiger partial charge in [-0.25, -0.2) is 0 Å². The summed E-state index contributed by atoms with van der Waals surface area (Å²) in [5.74, 6) is 0.926. The van der Waals surface area contributed by atoms with Crippen molar-refractivity contribution in [2.75, 3.05) is 11.8 Å². The predicted octanol–water partition coefficient (Wildman–Crippen LogP) is 6.06. The van der Waals surface area contributed by atoms with Crippen molar-refractivity contribution in [1.82, 2.24) is 0 Å². The molecule has 0 amide bonds. The first-order valence-corrected chi connectivity index (χ1v) is 8.46. The van der Waals surface area contributed by atoms with Crippen LogP contribution in [0.1, 0.15) is 11.1 Å². The Balaban J connectivity index is 2.36. The van der Waals surface area contributed by atoms with Crippen LogP contribution in [0.15, 0.2) is 53.0 Å². The molecule has 20 heavy (non-hydrogen) atoms. The molecule has 0 aromatic heterocycles. The van der Waals surface area contributed by atoms with E-state index in [1.54, 1.807) is 0 Å². The summed E-state index contributed by atoms with van der Waals surface area (Å²) in [7, 11) is 0. The lowest BCUT2D eigenvalue weighted by molar-refractivity contribution is 0.536. The molecule has 0 saturated carbocycles. The summed E-state index contributed by atoms with van der Waals surface area (Å²) < 4.78 is 1.04. The van der Waals surface area contributed by atoms with Crippen LogP contribution in [-0.4, -0.2) is 11.8 Å². The molecule has 0 spiro atoms. The van der Waals surface area contributed by atoms with Crippen LogP contribution in [0.5, 0.6) is 0 Å². The largest absolute Gasteiger partial charge is 0.126 e. The number of benzene rings is 2. The van der Waals surface area contributed by atoms with Crippen LogP contribution in [-0.2, 0) is 11.8 Å². The summed E-state index contributed by atoms with van der Waals surface area (Å²) in [5, 5.41) is 0.733. The minimum Gasteiger partial charge on any atom is -0.126 e. The standard InChI is InChI=1S/C16H14BrCl3/c17-14-6-4-13(5-7-14)16(10-18,11-19)9-12-2-1-3-15(20)8-12/h1-8H,9-11H2. The molecule has 2 rings (SSSR count). The van der Waals surface area contributed by atoms with E-state index in [9.17, 15) is 0 Å². The van der Waals surface area contributed by atoms with Crippen molar-refractivity contribution >= 4 is 50.7 Å². The van der Waals surface area contributed by atoms with E-state index in [1.165, 1.54) is 0 Å². The van der Waals surface area contributed by atoms with Crippen LogP contribution < -0.4 is 0 Å². The molecule has 0 nitrogen and oxygen atoms in total. The maximum Gasteiger partial charge on any atom is 0.0408 e. The lowest BCUT2D eigenvalue weighted by Gasteiger charge is -2.30. The van der Waals surface area contributed by atoms with E-state index in [2.05, 4.69) is 34.1 Å². The average molecular weight is 393 g/mol. The highest BCUT2D eigenvalue weighted by molar-refractivity contribution is 9.10. The fourth-order valence-electron chi connectivity index (χ4n) is 2.23. The summed E-state index contributed by atoms with van der Waals surface area (Å²) in [6.07, 6.45) is 0.766. The van der Waals surface area contributed by atoms with E-state index in [1.807, 2.05) is 30.3 Å². The predicted molar refractivity (Wildman–Crippen MR) is 92.4 cm³/mol. The molecule has 0 atom stereocenters. The second kappa shape index (κ2) is 7.17. The van der Waals surface area contributed by atoms with Crippen molar-refractivity contribution in [3.05, 3.63) is 69.2 Å². The van der Waals surface area contributed by atoms with E-state index >= 15 is 0 Å². The Morgan fingerprint density at radius 2 is 1.60 bits per heavy atom. The summed E-state index contributed by atoms with van der Waals surface area (Å²) in [6.45, 7) is 0. The minimum absolute atomic E-state index is 0.283. The highest BCUT2D eigenvalue weighted by Gasteiger charge is 2.31. The molecular weight excluding hydrogens is 378 g/mol. The zero-order chi connectivity index (χ0) is 14.6. The van der Waals surface area contributed by atoms with Gasteiger partial charge in [-0.15, -0.1) is 23.2 Å². The molecule has 0 N–H and O–H groups in total. The van der Waals surface area contributed by atoms with E-state index in [0.717, 1.165) is 27.0 Å². The Labute approximate surface area is 143 Å². The third-order valence-electron chi connectivity index (χ3n) is 3.40. The number of alkyl halides is 2. The van der Waals surface area contributed by atoms with E-state index in [4.69, 9.17) is 34.8 Å². The Bertz CT molecular complexity index is 562. The third-order valence-corrected chi connectivity index (χ3v) is 5.19. The molecular formula is C16H14BrCl3. The van der Waals surface area contributed by atoms with Crippen molar-refractivity contribution in [2.24, 2.45) is 0 Å². The highest BCUT2D eigenvalue weighted by Crippen LogP contribution is 2.33. The molecule has 106 valence electrons. The lowest BCUT2D eigenvalue weighted by atomic mass is 9.79. The van der Waals surface area contributed by atoms with Crippen LogP contribution >= 0.6 is 50.7 Å². The lowest BCUT2D eigenvalue weighted by Crippen LogP contribution is -2.33. The summed E-state index contributed by atoms with van der Waals surface area (Å²) >= 11 is 22.0. The molecule has 0 fully saturated rings. The highest BCUT2D eigenvalue weighted by atomic mass is 79.9. The molecule has 0 unspecified atom stereocenters. The normalized spacial score (nSPS) is 11.6. The quantitative estimate of drug-likeness (QED) is 0.543. The van der Waals surface area contributed by atoms with Gasteiger partial charge in [-0.3, -0.25) is 0 Å². The first kappa shape index (κ1) is 16.2. The fraction of sp³-hybridized carbons (Fsp3) is 0.250. The number of rotatable bonds is 5. The maximum atomic E-state index is 6.26. The minimum atomic E-state index is -0.283. The Morgan fingerprint density at radius 1 is 0.950 bits per heavy atom. The maximum absolute atomic E-state index is 6.26. The Morgan fingerprint density at radius 3 is 2.15 bits per heavy atom. The van der Waals surface area contributed by atoms with E-state index in [-0.39, 0.29) is 5.41 Å². The molecule has 0 radical (unpaired) electrons. The van der Waals surface area contributed by atoms with E-state index < -0.39 is 0 Å². The topological polar surface area (TPSA) is 0 Å². The van der Waals surface area contributed by atoms with Crippen LogP contribution in [0, 0.1) is 0 Å². The smallest absolute Gasteiger partial charge is 0.0408 e. The molecule has 0 saturated heterocycles. The van der Waals surface area contributed by atoms with Crippen molar-refractivity contribution < 1.29 is 0 Å².